The van der Waals surface area contributed by atoms with E-state index in [4.69, 9.17) is 4.42 Å². The Morgan fingerprint density at radius 1 is 1.12 bits per heavy atom. The summed E-state index contributed by atoms with van der Waals surface area (Å²) in [6, 6.07) is 13.0. The van der Waals surface area contributed by atoms with Gasteiger partial charge in [-0.15, -0.1) is 5.10 Å². The molecule has 25 heavy (non-hydrogen) atoms. The summed E-state index contributed by atoms with van der Waals surface area (Å²) in [5.74, 6) is 0.0656. The van der Waals surface area contributed by atoms with Crippen LogP contribution in [0.5, 0.6) is 0 Å². The molecule has 1 aromatic heterocycles. The number of amides is 1. The van der Waals surface area contributed by atoms with E-state index in [1.165, 1.54) is 19.1 Å². The van der Waals surface area contributed by atoms with Crippen LogP contribution >= 0.6 is 0 Å². The third-order valence-corrected chi connectivity index (χ3v) is 3.16. The molecule has 9 nitrogen and oxygen atoms in total. The number of nitrogens with one attached hydrogen (secondary N) is 2. The highest BCUT2D eigenvalue weighted by Crippen LogP contribution is 2.25. The molecule has 0 saturated carbocycles. The maximum atomic E-state index is 11.1. The molecule has 0 fully saturated rings. The molecule has 0 bridgehead atoms. The molecule has 2 aromatic carbocycles. The Kier molecular flexibility index (Phi) is 4.38. The summed E-state index contributed by atoms with van der Waals surface area (Å²) in [6.45, 7) is 1.42. The van der Waals surface area contributed by atoms with E-state index in [9.17, 15) is 14.9 Å². The van der Waals surface area contributed by atoms with Gasteiger partial charge >= 0.3 is 6.01 Å². The average molecular weight is 339 g/mol. The molecule has 126 valence electrons. The summed E-state index contributed by atoms with van der Waals surface area (Å²) >= 11 is 0. The molecule has 0 saturated heterocycles. The Hall–Kier alpha value is -3.75. The highest BCUT2D eigenvalue weighted by atomic mass is 16.6. The van der Waals surface area contributed by atoms with Gasteiger partial charge in [0, 0.05) is 36.0 Å². The Labute approximate surface area is 141 Å². The molecule has 0 aliphatic carbocycles. The van der Waals surface area contributed by atoms with Gasteiger partial charge in [0.05, 0.1) is 4.92 Å². The minimum atomic E-state index is -0.488. The van der Waals surface area contributed by atoms with Crippen LogP contribution in [0.1, 0.15) is 6.92 Å². The number of benzene rings is 2. The van der Waals surface area contributed by atoms with E-state index < -0.39 is 4.92 Å². The zero-order valence-electron chi connectivity index (χ0n) is 13.1. The number of carbonyl (C=O) groups excluding carboxylic acids is 1. The number of rotatable bonds is 5. The van der Waals surface area contributed by atoms with Crippen molar-refractivity contribution in [2.75, 3.05) is 10.6 Å². The van der Waals surface area contributed by atoms with Crippen molar-refractivity contribution < 1.29 is 14.1 Å². The number of hydrogen-bond donors (Lipinski definition) is 2. The van der Waals surface area contributed by atoms with Crippen LogP contribution in [0, 0.1) is 10.1 Å². The van der Waals surface area contributed by atoms with Gasteiger partial charge < -0.3 is 15.1 Å². The monoisotopic (exact) mass is 339 g/mol. The van der Waals surface area contributed by atoms with Gasteiger partial charge in [-0.25, -0.2) is 0 Å². The molecule has 1 amide bonds. The van der Waals surface area contributed by atoms with Crippen molar-refractivity contribution in [2.24, 2.45) is 0 Å². The summed E-state index contributed by atoms with van der Waals surface area (Å²) in [6.07, 6.45) is 0. The largest absolute Gasteiger partial charge is 0.403 e. The summed E-state index contributed by atoms with van der Waals surface area (Å²) in [5, 5.41) is 24.1. The van der Waals surface area contributed by atoms with Crippen LogP contribution in [0.3, 0.4) is 0 Å². The number of nitrogens with zero attached hydrogens (tertiary/aromatic N) is 3. The van der Waals surface area contributed by atoms with E-state index in [2.05, 4.69) is 20.8 Å². The number of anilines is 3. The fourth-order valence-electron chi connectivity index (χ4n) is 2.14. The molecule has 0 atom stereocenters. The average Bonchev–Trinajstić information content (AvgIpc) is 3.03. The predicted octanol–water partition coefficient (Wildman–Crippen LogP) is 3.35. The second-order valence-corrected chi connectivity index (χ2v) is 5.11. The van der Waals surface area contributed by atoms with E-state index in [1.54, 1.807) is 36.4 Å². The first-order valence-corrected chi connectivity index (χ1v) is 7.24. The van der Waals surface area contributed by atoms with E-state index in [0.717, 1.165) is 0 Å². The van der Waals surface area contributed by atoms with E-state index in [0.29, 0.717) is 16.9 Å². The van der Waals surface area contributed by atoms with Crippen LogP contribution in [0.4, 0.5) is 23.1 Å². The topological polar surface area (TPSA) is 123 Å². The van der Waals surface area contributed by atoms with Crippen molar-refractivity contribution in [1.29, 1.82) is 0 Å². The normalized spacial score (nSPS) is 10.3. The number of hydrogen-bond acceptors (Lipinski definition) is 7. The third-order valence-electron chi connectivity index (χ3n) is 3.16. The van der Waals surface area contributed by atoms with Gasteiger partial charge in [0.1, 0.15) is 0 Å². The van der Waals surface area contributed by atoms with Gasteiger partial charge in [0.15, 0.2) is 0 Å². The molecule has 9 heteroatoms. The second kappa shape index (κ2) is 6.79. The van der Waals surface area contributed by atoms with Gasteiger partial charge in [-0.05, 0) is 24.3 Å². The summed E-state index contributed by atoms with van der Waals surface area (Å²) in [5.41, 5.74) is 1.64. The Bertz CT molecular complexity index is 938. The lowest BCUT2D eigenvalue weighted by Gasteiger charge is -2.03. The lowest BCUT2D eigenvalue weighted by molar-refractivity contribution is -0.384. The van der Waals surface area contributed by atoms with Crippen molar-refractivity contribution >= 4 is 29.0 Å². The standard InChI is InChI=1S/C16H13N5O4/c1-10(22)17-12-5-2-4-11(8-12)15-19-20-16(25-15)18-13-6-3-7-14(9-13)21(23)24/h2-9H,1H3,(H,17,22)(H,18,20). The molecule has 0 unspecified atom stereocenters. The SMILES string of the molecule is CC(=O)Nc1cccc(-c2nnc(Nc3cccc([N+](=O)[O-])c3)o2)c1. The smallest absolute Gasteiger partial charge is 0.320 e. The van der Waals surface area contributed by atoms with Crippen LogP contribution in [-0.4, -0.2) is 21.0 Å². The maximum Gasteiger partial charge on any atom is 0.320 e. The zero-order valence-corrected chi connectivity index (χ0v) is 13.1. The number of carbonyl (C=O) groups is 1. The van der Waals surface area contributed by atoms with Gasteiger partial charge in [-0.3, -0.25) is 14.9 Å². The highest BCUT2D eigenvalue weighted by Gasteiger charge is 2.11. The molecular weight excluding hydrogens is 326 g/mol. The second-order valence-electron chi connectivity index (χ2n) is 5.11. The number of nitro benzene ring substituents is 1. The molecule has 0 spiro atoms. The predicted molar refractivity (Wildman–Crippen MR) is 90.4 cm³/mol. The van der Waals surface area contributed by atoms with Crippen LogP contribution in [0.15, 0.2) is 52.9 Å². The van der Waals surface area contributed by atoms with Gasteiger partial charge in [-0.1, -0.05) is 17.2 Å². The minimum Gasteiger partial charge on any atom is -0.403 e. The fourth-order valence-corrected chi connectivity index (χ4v) is 2.14. The highest BCUT2D eigenvalue weighted by molar-refractivity contribution is 5.89. The van der Waals surface area contributed by atoms with Crippen molar-refractivity contribution in [2.45, 2.75) is 6.92 Å². The fraction of sp³-hybridized carbons (Fsp3) is 0.0625. The quantitative estimate of drug-likeness (QED) is 0.539. The van der Waals surface area contributed by atoms with E-state index in [1.807, 2.05) is 0 Å². The number of non-ortho nitro benzene ring substituents is 1. The Morgan fingerprint density at radius 2 is 1.88 bits per heavy atom. The first-order chi connectivity index (χ1) is 12.0. The molecule has 3 aromatic rings. The van der Waals surface area contributed by atoms with Gasteiger partial charge in [-0.2, -0.15) is 0 Å². The van der Waals surface area contributed by atoms with Crippen molar-refractivity contribution in [3.63, 3.8) is 0 Å². The van der Waals surface area contributed by atoms with Gasteiger partial charge in [0.2, 0.25) is 11.8 Å². The number of nitro groups is 1. The van der Waals surface area contributed by atoms with Gasteiger partial charge in [0.25, 0.3) is 5.69 Å². The molecular formula is C16H13N5O4. The summed E-state index contributed by atoms with van der Waals surface area (Å²) in [7, 11) is 0. The van der Waals surface area contributed by atoms with Crippen molar-refractivity contribution in [1.82, 2.24) is 10.2 Å². The van der Waals surface area contributed by atoms with E-state index >= 15 is 0 Å². The summed E-state index contributed by atoms with van der Waals surface area (Å²) in [4.78, 5) is 21.4. The molecule has 3 rings (SSSR count). The van der Waals surface area contributed by atoms with Crippen LogP contribution in [-0.2, 0) is 4.79 Å². The van der Waals surface area contributed by atoms with Crippen molar-refractivity contribution in [3.8, 4) is 11.5 Å². The third kappa shape index (κ3) is 3.96. The molecule has 1 heterocycles. The molecule has 0 aliphatic rings. The molecule has 0 radical (unpaired) electrons. The minimum absolute atomic E-state index is 0.0484. The van der Waals surface area contributed by atoms with Crippen LogP contribution in [0.2, 0.25) is 0 Å². The molecule has 2 N–H and O–H groups in total. The zero-order chi connectivity index (χ0) is 17.8. The lowest BCUT2D eigenvalue weighted by atomic mass is 10.2. The first-order valence-electron chi connectivity index (χ1n) is 7.24. The molecule has 0 aliphatic heterocycles. The van der Waals surface area contributed by atoms with E-state index in [-0.39, 0.29) is 23.5 Å². The lowest BCUT2D eigenvalue weighted by Crippen LogP contribution is -2.05. The Morgan fingerprint density at radius 3 is 2.64 bits per heavy atom. The van der Waals surface area contributed by atoms with Crippen LogP contribution < -0.4 is 10.6 Å². The maximum absolute atomic E-state index is 11.1. The Balaban J connectivity index is 1.80. The first kappa shape index (κ1) is 16.1. The number of aromatic nitrogens is 2. The summed E-state index contributed by atoms with van der Waals surface area (Å²) < 4.78 is 5.52. The van der Waals surface area contributed by atoms with Crippen LogP contribution in [0.25, 0.3) is 11.5 Å². The van der Waals surface area contributed by atoms with Crippen molar-refractivity contribution in [3.05, 3.63) is 58.6 Å².